The van der Waals surface area contributed by atoms with E-state index in [-0.39, 0.29) is 18.6 Å². The summed E-state index contributed by atoms with van der Waals surface area (Å²) in [6.45, 7) is 1.25. The molecule has 1 fully saturated rings. The second-order valence-electron chi connectivity index (χ2n) is 8.09. The Balaban J connectivity index is 1.39. The average Bonchev–Trinajstić information content (AvgIpc) is 3.25. The monoisotopic (exact) mass is 442 g/mol. The van der Waals surface area contributed by atoms with Crippen molar-refractivity contribution in [1.29, 1.82) is 0 Å². The number of halogens is 1. The fraction of sp³-hybridized carbons (Fsp3) is 0.409. The van der Waals surface area contributed by atoms with Crippen molar-refractivity contribution in [2.75, 3.05) is 24.6 Å². The summed E-state index contributed by atoms with van der Waals surface area (Å²) in [4.78, 5) is 27.0. The summed E-state index contributed by atoms with van der Waals surface area (Å²) in [7, 11) is 0. The molecule has 164 valence electrons. The van der Waals surface area contributed by atoms with E-state index in [1.165, 1.54) is 0 Å². The Morgan fingerprint density at radius 1 is 1.26 bits per heavy atom. The number of carbonyl (C=O) groups is 1. The summed E-state index contributed by atoms with van der Waals surface area (Å²) in [6, 6.07) is 9.27. The Morgan fingerprint density at radius 2 is 2.00 bits per heavy atom. The molecule has 1 aliphatic heterocycles. The van der Waals surface area contributed by atoms with Gasteiger partial charge in [0.1, 0.15) is 17.8 Å². The SMILES string of the molecule is NC1(C(=O)N[C@H](CCO)Cc2ccc(Cl)cc2)CCN(c2ncnc3[nH]ccc23)CC1. The first-order valence-electron chi connectivity index (χ1n) is 10.5. The number of nitrogens with one attached hydrogen (secondary N) is 2. The van der Waals surface area contributed by atoms with Crippen LogP contribution in [0.2, 0.25) is 5.02 Å². The van der Waals surface area contributed by atoms with E-state index in [2.05, 4.69) is 25.2 Å². The largest absolute Gasteiger partial charge is 0.396 e. The van der Waals surface area contributed by atoms with Crippen LogP contribution in [0.25, 0.3) is 11.0 Å². The minimum atomic E-state index is -0.950. The number of nitrogens with zero attached hydrogens (tertiary/aromatic N) is 3. The predicted molar refractivity (Wildman–Crippen MR) is 121 cm³/mol. The third-order valence-corrected chi connectivity index (χ3v) is 6.20. The van der Waals surface area contributed by atoms with Crippen molar-refractivity contribution in [1.82, 2.24) is 20.3 Å². The van der Waals surface area contributed by atoms with E-state index in [0.29, 0.717) is 43.8 Å². The summed E-state index contributed by atoms with van der Waals surface area (Å²) in [5.41, 5.74) is 7.42. The summed E-state index contributed by atoms with van der Waals surface area (Å²) < 4.78 is 0. The third-order valence-electron chi connectivity index (χ3n) is 5.95. The highest BCUT2D eigenvalue weighted by Crippen LogP contribution is 2.28. The summed E-state index contributed by atoms with van der Waals surface area (Å²) in [6.07, 6.45) is 5.49. The topological polar surface area (TPSA) is 120 Å². The number of fused-ring (bicyclic) bond motifs is 1. The van der Waals surface area contributed by atoms with Gasteiger partial charge in [0, 0.05) is 37.0 Å². The number of anilines is 1. The highest BCUT2D eigenvalue weighted by atomic mass is 35.5. The normalized spacial score (nSPS) is 16.9. The molecule has 1 aromatic carbocycles. The Labute approximate surface area is 185 Å². The number of piperidine rings is 1. The lowest BCUT2D eigenvalue weighted by Crippen LogP contribution is -2.61. The van der Waals surface area contributed by atoms with Crippen LogP contribution in [0.3, 0.4) is 0 Å². The molecule has 31 heavy (non-hydrogen) atoms. The van der Waals surface area contributed by atoms with Crippen molar-refractivity contribution in [2.24, 2.45) is 5.73 Å². The Kier molecular flexibility index (Phi) is 6.41. The molecule has 0 spiro atoms. The first-order chi connectivity index (χ1) is 15.0. The van der Waals surface area contributed by atoms with E-state index in [4.69, 9.17) is 17.3 Å². The Hall–Kier alpha value is -2.68. The lowest BCUT2D eigenvalue weighted by molar-refractivity contribution is -0.127. The number of aliphatic hydroxyl groups excluding tert-OH is 1. The number of carbonyl (C=O) groups excluding carboxylic acids is 1. The molecule has 1 aliphatic rings. The van der Waals surface area contributed by atoms with Gasteiger partial charge in [-0.1, -0.05) is 23.7 Å². The van der Waals surface area contributed by atoms with E-state index in [0.717, 1.165) is 22.4 Å². The maximum absolute atomic E-state index is 13.1. The minimum absolute atomic E-state index is 0.00966. The summed E-state index contributed by atoms with van der Waals surface area (Å²) in [5.74, 6) is 0.684. The molecule has 0 saturated carbocycles. The van der Waals surface area contributed by atoms with Crippen LogP contribution in [0.4, 0.5) is 5.82 Å². The zero-order valence-electron chi connectivity index (χ0n) is 17.2. The highest BCUT2D eigenvalue weighted by molar-refractivity contribution is 6.30. The number of rotatable bonds is 7. The molecule has 9 heteroatoms. The predicted octanol–water partition coefficient (Wildman–Crippen LogP) is 2.02. The maximum Gasteiger partial charge on any atom is 0.240 e. The molecule has 5 N–H and O–H groups in total. The van der Waals surface area contributed by atoms with Gasteiger partial charge in [0.05, 0.1) is 10.9 Å². The van der Waals surface area contributed by atoms with Gasteiger partial charge in [0.15, 0.2) is 0 Å². The molecule has 3 heterocycles. The van der Waals surface area contributed by atoms with Gasteiger partial charge in [0.25, 0.3) is 0 Å². The van der Waals surface area contributed by atoms with Gasteiger partial charge in [-0.15, -0.1) is 0 Å². The number of hydrogen-bond acceptors (Lipinski definition) is 6. The molecule has 0 aliphatic carbocycles. The fourth-order valence-corrected chi connectivity index (χ4v) is 4.20. The number of nitrogens with two attached hydrogens (primary N) is 1. The second kappa shape index (κ2) is 9.21. The van der Waals surface area contributed by atoms with Crippen molar-refractivity contribution < 1.29 is 9.90 Å². The van der Waals surface area contributed by atoms with Crippen molar-refractivity contribution >= 4 is 34.4 Å². The Bertz CT molecular complexity index is 1030. The summed E-state index contributed by atoms with van der Waals surface area (Å²) in [5, 5.41) is 14.1. The van der Waals surface area contributed by atoms with Crippen molar-refractivity contribution in [3.8, 4) is 0 Å². The zero-order chi connectivity index (χ0) is 21.8. The molecule has 1 saturated heterocycles. The van der Waals surface area contributed by atoms with Gasteiger partial charge in [-0.05, 0) is 49.4 Å². The smallest absolute Gasteiger partial charge is 0.240 e. The van der Waals surface area contributed by atoms with Crippen LogP contribution in [0.15, 0.2) is 42.9 Å². The van der Waals surface area contributed by atoms with Crippen molar-refractivity contribution in [3.05, 3.63) is 53.4 Å². The number of H-pyrrole nitrogens is 1. The van der Waals surface area contributed by atoms with Crippen molar-refractivity contribution in [3.63, 3.8) is 0 Å². The molecule has 8 nitrogen and oxygen atoms in total. The van der Waals surface area contributed by atoms with E-state index in [1.54, 1.807) is 6.33 Å². The van der Waals surface area contributed by atoms with Crippen LogP contribution < -0.4 is 16.0 Å². The lowest BCUT2D eigenvalue weighted by Gasteiger charge is -2.39. The molecule has 0 radical (unpaired) electrons. The number of aromatic amines is 1. The van der Waals surface area contributed by atoms with Gasteiger partial charge in [-0.2, -0.15) is 0 Å². The number of amides is 1. The van der Waals surface area contributed by atoms with E-state index in [9.17, 15) is 9.90 Å². The van der Waals surface area contributed by atoms with Gasteiger partial charge < -0.3 is 26.0 Å². The molecule has 1 amide bonds. The Morgan fingerprint density at radius 3 is 2.71 bits per heavy atom. The highest BCUT2D eigenvalue weighted by Gasteiger charge is 2.39. The van der Waals surface area contributed by atoms with Gasteiger partial charge >= 0.3 is 0 Å². The zero-order valence-corrected chi connectivity index (χ0v) is 18.0. The molecule has 2 aromatic heterocycles. The summed E-state index contributed by atoms with van der Waals surface area (Å²) >= 11 is 5.96. The fourth-order valence-electron chi connectivity index (χ4n) is 4.07. The van der Waals surface area contributed by atoms with Crippen LogP contribution in [0, 0.1) is 0 Å². The maximum atomic E-state index is 13.1. The second-order valence-corrected chi connectivity index (χ2v) is 8.53. The number of benzene rings is 1. The molecule has 4 rings (SSSR count). The van der Waals surface area contributed by atoms with Gasteiger partial charge in [0.2, 0.25) is 5.91 Å². The van der Waals surface area contributed by atoms with Crippen molar-refractivity contribution in [2.45, 2.75) is 37.3 Å². The molecular formula is C22H27ClN6O2. The number of hydrogen-bond donors (Lipinski definition) is 4. The first kappa shape index (κ1) is 21.5. The quantitative estimate of drug-likeness (QED) is 0.444. The van der Waals surface area contributed by atoms with Crippen LogP contribution in [-0.4, -0.2) is 57.2 Å². The van der Waals surface area contributed by atoms with E-state index >= 15 is 0 Å². The number of aromatic nitrogens is 3. The van der Waals surface area contributed by atoms with Crippen LogP contribution in [0.1, 0.15) is 24.8 Å². The molecule has 1 atom stereocenters. The average molecular weight is 443 g/mol. The van der Waals surface area contributed by atoms with Gasteiger partial charge in [-0.3, -0.25) is 4.79 Å². The third kappa shape index (κ3) is 4.81. The molecule has 0 bridgehead atoms. The lowest BCUT2D eigenvalue weighted by atomic mass is 9.87. The first-order valence-corrected chi connectivity index (χ1v) is 10.8. The molecular weight excluding hydrogens is 416 g/mol. The van der Waals surface area contributed by atoms with Gasteiger partial charge in [-0.25, -0.2) is 9.97 Å². The standard InChI is InChI=1S/C22H27ClN6O2/c23-16-3-1-15(2-4-16)13-17(6-12-30)28-21(31)22(24)7-10-29(11-8-22)20-18-5-9-25-19(18)26-14-27-20/h1-5,9,14,17,30H,6-8,10-13,24H2,(H,28,31)(H,25,26,27)/t17-/m1/s1. The minimum Gasteiger partial charge on any atom is -0.396 e. The molecule has 0 unspecified atom stereocenters. The number of aliphatic hydroxyl groups is 1. The molecule has 3 aromatic rings. The van der Waals surface area contributed by atoms with Crippen LogP contribution in [-0.2, 0) is 11.2 Å². The van der Waals surface area contributed by atoms with Crippen LogP contribution >= 0.6 is 11.6 Å². The van der Waals surface area contributed by atoms with Crippen LogP contribution in [0.5, 0.6) is 0 Å². The van der Waals surface area contributed by atoms with E-state index in [1.807, 2.05) is 36.5 Å². The van der Waals surface area contributed by atoms with E-state index < -0.39 is 5.54 Å².